The van der Waals surface area contributed by atoms with Crippen molar-refractivity contribution in [1.29, 1.82) is 0 Å². The fraction of sp³-hybridized carbons (Fsp3) is 0.833. The highest BCUT2D eigenvalue weighted by molar-refractivity contribution is 5.80. The third-order valence-electron chi connectivity index (χ3n) is 1.78. The molecule has 5 N–H and O–H groups in total. The molecule has 1 saturated heterocycles. The van der Waals surface area contributed by atoms with Gasteiger partial charge >= 0.3 is 0 Å². The number of nitrogens with zero attached hydrogens (tertiary/aromatic N) is 1. The summed E-state index contributed by atoms with van der Waals surface area (Å²) in [6.45, 7) is 1.10. The van der Waals surface area contributed by atoms with E-state index < -0.39 is 0 Å². The molecule has 0 saturated carbocycles. The molecule has 0 spiro atoms. The minimum Gasteiger partial charge on any atom is -0.386 e. The first kappa shape index (κ1) is 7.34. The first-order valence-electron chi connectivity index (χ1n) is 3.58. The first-order chi connectivity index (χ1) is 4.83. The molecule has 4 nitrogen and oxygen atoms in total. The van der Waals surface area contributed by atoms with Crippen LogP contribution in [-0.4, -0.2) is 18.4 Å². The van der Waals surface area contributed by atoms with Gasteiger partial charge in [0, 0.05) is 12.5 Å². The molecule has 1 aliphatic rings. The molecule has 0 bridgehead atoms. The number of rotatable bonds is 2. The SMILES string of the molecule is NN=C(N)CC1CCCN1. The summed E-state index contributed by atoms with van der Waals surface area (Å²) in [6.07, 6.45) is 3.22. The Morgan fingerprint density at radius 2 is 2.50 bits per heavy atom. The van der Waals surface area contributed by atoms with Gasteiger partial charge in [0.2, 0.25) is 0 Å². The monoisotopic (exact) mass is 142 g/mol. The molecule has 58 valence electrons. The molecular formula is C6H14N4. The molecule has 0 aromatic rings. The molecule has 1 unspecified atom stereocenters. The summed E-state index contributed by atoms with van der Waals surface area (Å²) in [5.74, 6) is 5.53. The molecule has 0 aliphatic carbocycles. The van der Waals surface area contributed by atoms with Gasteiger partial charge in [-0.2, -0.15) is 5.10 Å². The quantitative estimate of drug-likeness (QED) is 0.208. The molecule has 10 heavy (non-hydrogen) atoms. The Morgan fingerprint density at radius 3 is 3.00 bits per heavy atom. The lowest BCUT2D eigenvalue weighted by Crippen LogP contribution is -2.28. The van der Waals surface area contributed by atoms with E-state index in [1.165, 1.54) is 12.8 Å². The van der Waals surface area contributed by atoms with Gasteiger partial charge in [0.1, 0.15) is 5.84 Å². The lowest BCUT2D eigenvalue weighted by atomic mass is 10.1. The average molecular weight is 142 g/mol. The van der Waals surface area contributed by atoms with E-state index in [0.29, 0.717) is 11.9 Å². The van der Waals surface area contributed by atoms with Gasteiger partial charge in [-0.05, 0) is 19.4 Å². The molecule has 0 aromatic heterocycles. The Balaban J connectivity index is 2.24. The maximum atomic E-state index is 5.44. The van der Waals surface area contributed by atoms with Gasteiger partial charge in [0.25, 0.3) is 0 Å². The van der Waals surface area contributed by atoms with E-state index in [2.05, 4.69) is 10.4 Å². The Labute approximate surface area is 60.7 Å². The lowest BCUT2D eigenvalue weighted by Gasteiger charge is -2.07. The Morgan fingerprint density at radius 1 is 1.70 bits per heavy atom. The fourth-order valence-corrected chi connectivity index (χ4v) is 1.24. The van der Waals surface area contributed by atoms with Crippen LogP contribution in [0.4, 0.5) is 0 Å². The van der Waals surface area contributed by atoms with Gasteiger partial charge in [-0.15, -0.1) is 0 Å². The summed E-state index contributed by atoms with van der Waals surface area (Å²) in [7, 11) is 0. The van der Waals surface area contributed by atoms with E-state index >= 15 is 0 Å². The smallest absolute Gasteiger partial charge is 0.120 e. The predicted molar refractivity (Wildman–Crippen MR) is 41.5 cm³/mol. The van der Waals surface area contributed by atoms with Crippen LogP contribution < -0.4 is 16.9 Å². The summed E-state index contributed by atoms with van der Waals surface area (Å²) >= 11 is 0. The molecule has 0 radical (unpaired) electrons. The van der Waals surface area contributed by atoms with Gasteiger partial charge in [0.05, 0.1) is 0 Å². The molecule has 1 fully saturated rings. The maximum absolute atomic E-state index is 5.44. The van der Waals surface area contributed by atoms with Crippen LogP contribution in [-0.2, 0) is 0 Å². The van der Waals surface area contributed by atoms with Crippen molar-refractivity contribution in [1.82, 2.24) is 5.32 Å². The van der Waals surface area contributed by atoms with E-state index in [1.54, 1.807) is 0 Å². The second kappa shape index (κ2) is 3.41. The van der Waals surface area contributed by atoms with Crippen LogP contribution in [0.5, 0.6) is 0 Å². The third kappa shape index (κ3) is 1.88. The highest BCUT2D eigenvalue weighted by Crippen LogP contribution is 2.07. The van der Waals surface area contributed by atoms with Gasteiger partial charge < -0.3 is 16.9 Å². The molecule has 1 rings (SSSR count). The van der Waals surface area contributed by atoms with E-state index in [-0.39, 0.29) is 0 Å². The number of hydrogen-bond acceptors (Lipinski definition) is 3. The third-order valence-corrected chi connectivity index (χ3v) is 1.78. The van der Waals surface area contributed by atoms with Crippen molar-refractivity contribution in [2.75, 3.05) is 6.54 Å². The van der Waals surface area contributed by atoms with E-state index in [4.69, 9.17) is 11.6 Å². The fourth-order valence-electron chi connectivity index (χ4n) is 1.24. The second-order valence-electron chi connectivity index (χ2n) is 2.62. The molecule has 0 aromatic carbocycles. The molecular weight excluding hydrogens is 128 g/mol. The second-order valence-corrected chi connectivity index (χ2v) is 2.62. The van der Waals surface area contributed by atoms with Crippen molar-refractivity contribution >= 4 is 5.84 Å². The van der Waals surface area contributed by atoms with Crippen LogP contribution in [0.15, 0.2) is 5.10 Å². The minimum atomic E-state index is 0.507. The van der Waals surface area contributed by atoms with Gasteiger partial charge in [-0.25, -0.2) is 0 Å². The highest BCUT2D eigenvalue weighted by atomic mass is 15.2. The zero-order valence-electron chi connectivity index (χ0n) is 6.01. The Bertz CT molecular complexity index is 126. The molecule has 4 heteroatoms. The van der Waals surface area contributed by atoms with Gasteiger partial charge in [-0.1, -0.05) is 0 Å². The highest BCUT2D eigenvalue weighted by Gasteiger charge is 2.14. The Kier molecular flexibility index (Phi) is 2.50. The number of nitrogens with two attached hydrogens (primary N) is 2. The summed E-state index contributed by atoms with van der Waals surface area (Å²) in [6, 6.07) is 0.507. The van der Waals surface area contributed by atoms with Crippen molar-refractivity contribution < 1.29 is 0 Å². The van der Waals surface area contributed by atoms with Crippen molar-refractivity contribution in [3.63, 3.8) is 0 Å². The first-order valence-corrected chi connectivity index (χ1v) is 3.58. The number of hydrogen-bond donors (Lipinski definition) is 3. The van der Waals surface area contributed by atoms with Crippen LogP contribution in [0, 0.1) is 0 Å². The van der Waals surface area contributed by atoms with E-state index in [1.807, 2.05) is 0 Å². The molecule has 1 aliphatic heterocycles. The number of amidine groups is 1. The van der Waals surface area contributed by atoms with Gasteiger partial charge in [-0.3, -0.25) is 0 Å². The zero-order valence-corrected chi connectivity index (χ0v) is 6.01. The zero-order chi connectivity index (χ0) is 7.40. The Hall–Kier alpha value is -0.770. The van der Waals surface area contributed by atoms with Crippen LogP contribution >= 0.6 is 0 Å². The van der Waals surface area contributed by atoms with Crippen LogP contribution in [0.25, 0.3) is 0 Å². The van der Waals surface area contributed by atoms with Crippen molar-refractivity contribution in [2.24, 2.45) is 16.7 Å². The molecule has 1 heterocycles. The van der Waals surface area contributed by atoms with Crippen LogP contribution in [0.1, 0.15) is 19.3 Å². The van der Waals surface area contributed by atoms with Crippen LogP contribution in [0.2, 0.25) is 0 Å². The van der Waals surface area contributed by atoms with Crippen LogP contribution in [0.3, 0.4) is 0 Å². The van der Waals surface area contributed by atoms with Gasteiger partial charge in [0.15, 0.2) is 0 Å². The summed E-state index contributed by atoms with van der Waals surface area (Å²) in [4.78, 5) is 0. The minimum absolute atomic E-state index is 0.507. The summed E-state index contributed by atoms with van der Waals surface area (Å²) in [5, 5.41) is 6.71. The average Bonchev–Trinajstić information content (AvgIpc) is 2.40. The topological polar surface area (TPSA) is 76.4 Å². The van der Waals surface area contributed by atoms with E-state index in [0.717, 1.165) is 13.0 Å². The predicted octanol–water partition coefficient (Wildman–Crippen LogP) is -0.641. The van der Waals surface area contributed by atoms with Crippen molar-refractivity contribution in [3.05, 3.63) is 0 Å². The summed E-state index contributed by atoms with van der Waals surface area (Å²) in [5.41, 5.74) is 5.44. The number of nitrogens with one attached hydrogen (secondary N) is 1. The number of hydrazone groups is 1. The maximum Gasteiger partial charge on any atom is 0.120 e. The molecule has 0 amide bonds. The largest absolute Gasteiger partial charge is 0.386 e. The molecule has 1 atom stereocenters. The van der Waals surface area contributed by atoms with Crippen molar-refractivity contribution in [3.8, 4) is 0 Å². The van der Waals surface area contributed by atoms with E-state index in [9.17, 15) is 0 Å². The summed E-state index contributed by atoms with van der Waals surface area (Å²) < 4.78 is 0. The standard InChI is InChI=1S/C6H14N4/c7-6(10-8)4-5-2-1-3-9-5/h5,9H,1-4,8H2,(H2,7,10). The van der Waals surface area contributed by atoms with Crippen molar-refractivity contribution in [2.45, 2.75) is 25.3 Å². The normalized spacial score (nSPS) is 27.2. The lowest BCUT2D eigenvalue weighted by molar-refractivity contribution is 0.626.